The average molecular weight is 256 g/mol. The highest BCUT2D eigenvalue weighted by molar-refractivity contribution is 5.51. The van der Waals surface area contributed by atoms with Crippen LogP contribution in [-0.2, 0) is 17.6 Å². The predicted molar refractivity (Wildman–Crippen MR) is 78.5 cm³/mol. The molecule has 1 N–H and O–H groups in total. The zero-order chi connectivity index (χ0) is 13.3. The Morgan fingerprint density at radius 3 is 2.68 bits per heavy atom. The maximum Gasteiger partial charge on any atom is 0.0503 e. The lowest BCUT2D eigenvalue weighted by Crippen LogP contribution is -2.08. The monoisotopic (exact) mass is 256 g/mol. The number of ether oxygens (including phenoxy) is 1. The third-order valence-electron chi connectivity index (χ3n) is 3.02. The fraction of sp³-hybridized carbons (Fsp3) is 0.312. The van der Waals surface area contributed by atoms with Gasteiger partial charge in [-0.2, -0.15) is 0 Å². The Balaban J connectivity index is 1.88. The van der Waals surface area contributed by atoms with Gasteiger partial charge in [0.05, 0.1) is 6.61 Å². The van der Waals surface area contributed by atoms with E-state index in [0.29, 0.717) is 0 Å². The summed E-state index contributed by atoms with van der Waals surface area (Å²) >= 11 is 0. The molecule has 0 atom stereocenters. The maximum atomic E-state index is 5.14. The standard InChI is InChI=1S/C16H20N2O/c1-19-13-10-14-6-2-3-8-16(14)18-12-9-15-7-4-5-11-17-15/h2-8,11,18H,9-10,12-13H2,1H3. The molecule has 2 rings (SSSR count). The molecule has 2 aromatic rings. The predicted octanol–water partition coefficient (Wildman–Crippen LogP) is 2.93. The first-order valence-corrected chi connectivity index (χ1v) is 6.61. The van der Waals surface area contributed by atoms with E-state index in [1.165, 1.54) is 11.3 Å². The zero-order valence-electron chi connectivity index (χ0n) is 11.3. The molecule has 19 heavy (non-hydrogen) atoms. The minimum Gasteiger partial charge on any atom is -0.384 e. The Kier molecular flexibility index (Phi) is 5.38. The van der Waals surface area contributed by atoms with E-state index in [1.807, 2.05) is 18.3 Å². The van der Waals surface area contributed by atoms with Gasteiger partial charge >= 0.3 is 0 Å². The summed E-state index contributed by atoms with van der Waals surface area (Å²) in [6, 6.07) is 14.4. The van der Waals surface area contributed by atoms with Gasteiger partial charge in [0.15, 0.2) is 0 Å². The second-order valence-corrected chi connectivity index (χ2v) is 4.40. The Hall–Kier alpha value is -1.87. The molecule has 1 heterocycles. The number of hydrogen-bond acceptors (Lipinski definition) is 3. The van der Waals surface area contributed by atoms with Gasteiger partial charge in [-0.25, -0.2) is 0 Å². The van der Waals surface area contributed by atoms with Crippen LogP contribution in [0.15, 0.2) is 48.7 Å². The molecule has 1 aromatic carbocycles. The van der Waals surface area contributed by atoms with Gasteiger partial charge in [-0.15, -0.1) is 0 Å². The van der Waals surface area contributed by atoms with Crippen LogP contribution >= 0.6 is 0 Å². The number of aromatic nitrogens is 1. The molecule has 0 saturated carbocycles. The van der Waals surface area contributed by atoms with Gasteiger partial charge in [-0.05, 0) is 30.2 Å². The highest BCUT2D eigenvalue weighted by atomic mass is 16.5. The fourth-order valence-corrected chi connectivity index (χ4v) is 1.99. The highest BCUT2D eigenvalue weighted by Crippen LogP contribution is 2.15. The van der Waals surface area contributed by atoms with Crippen molar-refractivity contribution in [3.63, 3.8) is 0 Å². The fourth-order valence-electron chi connectivity index (χ4n) is 1.99. The van der Waals surface area contributed by atoms with Gasteiger partial charge in [-0.1, -0.05) is 24.3 Å². The second kappa shape index (κ2) is 7.54. The summed E-state index contributed by atoms with van der Waals surface area (Å²) in [5.74, 6) is 0. The molecule has 0 spiro atoms. The Bertz CT molecular complexity index is 485. The van der Waals surface area contributed by atoms with Gasteiger partial charge in [-0.3, -0.25) is 4.98 Å². The van der Waals surface area contributed by atoms with E-state index in [1.54, 1.807) is 7.11 Å². The maximum absolute atomic E-state index is 5.14. The summed E-state index contributed by atoms with van der Waals surface area (Å²) in [7, 11) is 1.73. The molecule has 1 aromatic heterocycles. The highest BCUT2D eigenvalue weighted by Gasteiger charge is 2.01. The van der Waals surface area contributed by atoms with Crippen LogP contribution in [0.25, 0.3) is 0 Å². The Morgan fingerprint density at radius 1 is 1.05 bits per heavy atom. The molecule has 100 valence electrons. The summed E-state index contributed by atoms with van der Waals surface area (Å²) in [5, 5.41) is 3.48. The van der Waals surface area contributed by atoms with E-state index in [4.69, 9.17) is 4.74 Å². The van der Waals surface area contributed by atoms with Gasteiger partial charge in [0.2, 0.25) is 0 Å². The summed E-state index contributed by atoms with van der Waals surface area (Å²) in [6.45, 7) is 1.64. The quantitative estimate of drug-likeness (QED) is 0.827. The third-order valence-corrected chi connectivity index (χ3v) is 3.02. The van der Waals surface area contributed by atoms with Crippen LogP contribution in [-0.4, -0.2) is 25.2 Å². The first-order chi connectivity index (χ1) is 9.40. The zero-order valence-corrected chi connectivity index (χ0v) is 11.3. The van der Waals surface area contributed by atoms with Crippen molar-refractivity contribution in [2.45, 2.75) is 12.8 Å². The van der Waals surface area contributed by atoms with Crippen LogP contribution in [0.5, 0.6) is 0 Å². The van der Waals surface area contributed by atoms with Crippen LogP contribution in [0.1, 0.15) is 11.3 Å². The lowest BCUT2D eigenvalue weighted by Gasteiger charge is -2.11. The van der Waals surface area contributed by atoms with E-state index < -0.39 is 0 Å². The number of rotatable bonds is 7. The molecule has 0 aliphatic rings. The van der Waals surface area contributed by atoms with Gasteiger partial charge in [0, 0.05) is 37.7 Å². The molecule has 3 heteroatoms. The van der Waals surface area contributed by atoms with Crippen molar-refractivity contribution < 1.29 is 4.74 Å². The van der Waals surface area contributed by atoms with Crippen LogP contribution in [0, 0.1) is 0 Å². The minimum atomic E-state index is 0.749. The minimum absolute atomic E-state index is 0.749. The number of anilines is 1. The lowest BCUT2D eigenvalue weighted by atomic mass is 10.1. The van der Waals surface area contributed by atoms with Crippen LogP contribution in [0.3, 0.4) is 0 Å². The number of nitrogens with one attached hydrogen (secondary N) is 1. The summed E-state index contributed by atoms with van der Waals surface area (Å²) in [6.07, 6.45) is 3.70. The number of pyridine rings is 1. The van der Waals surface area contributed by atoms with Gasteiger partial charge in [0.1, 0.15) is 0 Å². The Morgan fingerprint density at radius 2 is 1.89 bits per heavy atom. The van der Waals surface area contributed by atoms with E-state index in [2.05, 4.69) is 40.6 Å². The molecule has 0 bridgehead atoms. The molecule has 0 saturated heterocycles. The van der Waals surface area contributed by atoms with E-state index in [0.717, 1.165) is 31.7 Å². The van der Waals surface area contributed by atoms with Crippen molar-refractivity contribution in [1.29, 1.82) is 0 Å². The van der Waals surface area contributed by atoms with Crippen LogP contribution in [0.2, 0.25) is 0 Å². The molecule has 0 aliphatic carbocycles. The second-order valence-electron chi connectivity index (χ2n) is 4.40. The molecular formula is C16H20N2O. The number of hydrogen-bond donors (Lipinski definition) is 1. The molecule has 0 radical (unpaired) electrons. The number of benzene rings is 1. The van der Waals surface area contributed by atoms with Crippen molar-refractivity contribution in [2.75, 3.05) is 25.6 Å². The number of para-hydroxylation sites is 1. The number of nitrogens with zero attached hydrogens (tertiary/aromatic N) is 1. The molecule has 0 unspecified atom stereocenters. The van der Waals surface area contributed by atoms with Crippen molar-refractivity contribution in [3.8, 4) is 0 Å². The van der Waals surface area contributed by atoms with Gasteiger partial charge in [0.25, 0.3) is 0 Å². The first-order valence-electron chi connectivity index (χ1n) is 6.61. The summed E-state index contributed by atoms with van der Waals surface area (Å²) in [4.78, 5) is 4.32. The van der Waals surface area contributed by atoms with Crippen LogP contribution < -0.4 is 5.32 Å². The molecule has 0 fully saturated rings. The van der Waals surface area contributed by atoms with Crippen LogP contribution in [0.4, 0.5) is 5.69 Å². The smallest absolute Gasteiger partial charge is 0.0503 e. The molecular weight excluding hydrogens is 236 g/mol. The number of methoxy groups -OCH3 is 1. The SMILES string of the molecule is COCCc1ccccc1NCCc1ccccn1. The van der Waals surface area contributed by atoms with E-state index in [-0.39, 0.29) is 0 Å². The van der Waals surface area contributed by atoms with Gasteiger partial charge < -0.3 is 10.1 Å². The average Bonchev–Trinajstić information content (AvgIpc) is 2.47. The van der Waals surface area contributed by atoms with E-state index >= 15 is 0 Å². The third kappa shape index (κ3) is 4.38. The lowest BCUT2D eigenvalue weighted by molar-refractivity contribution is 0.202. The molecule has 0 amide bonds. The first kappa shape index (κ1) is 13.6. The Labute approximate surface area is 114 Å². The van der Waals surface area contributed by atoms with Crippen molar-refractivity contribution in [3.05, 3.63) is 59.9 Å². The van der Waals surface area contributed by atoms with Crippen molar-refractivity contribution in [2.24, 2.45) is 0 Å². The normalized spacial score (nSPS) is 10.4. The van der Waals surface area contributed by atoms with E-state index in [9.17, 15) is 0 Å². The molecule has 3 nitrogen and oxygen atoms in total. The topological polar surface area (TPSA) is 34.1 Å². The largest absolute Gasteiger partial charge is 0.384 e. The van der Waals surface area contributed by atoms with Crippen molar-refractivity contribution in [1.82, 2.24) is 4.98 Å². The van der Waals surface area contributed by atoms with Crippen molar-refractivity contribution >= 4 is 5.69 Å². The summed E-state index contributed by atoms with van der Waals surface area (Å²) < 4.78 is 5.14. The summed E-state index contributed by atoms with van der Waals surface area (Å²) in [5.41, 5.74) is 3.60. The molecule has 0 aliphatic heterocycles.